The highest BCUT2D eigenvalue weighted by molar-refractivity contribution is 5.90. The maximum Gasteiger partial charge on any atom is 0.471 e. The summed E-state index contributed by atoms with van der Waals surface area (Å²) in [6.07, 6.45) is -4.33. The van der Waals surface area contributed by atoms with E-state index in [0.29, 0.717) is 18.7 Å². The lowest BCUT2D eigenvalue weighted by Crippen LogP contribution is -2.33. The van der Waals surface area contributed by atoms with Gasteiger partial charge in [0.15, 0.2) is 0 Å². The van der Waals surface area contributed by atoms with Crippen LogP contribution >= 0.6 is 0 Å². The maximum atomic E-state index is 12.5. The number of aromatic nitrogens is 2. The van der Waals surface area contributed by atoms with Crippen molar-refractivity contribution in [2.75, 3.05) is 18.4 Å². The number of hydrogen-bond donors (Lipinski definition) is 2. The number of carboxylic acids is 1. The molecule has 0 spiro atoms. The first kappa shape index (κ1) is 17.7. The van der Waals surface area contributed by atoms with Gasteiger partial charge in [-0.1, -0.05) is 5.16 Å². The van der Waals surface area contributed by atoms with E-state index >= 15 is 0 Å². The average molecular weight is 370 g/mol. The van der Waals surface area contributed by atoms with Crippen LogP contribution in [0.4, 0.5) is 23.7 Å². The fourth-order valence-electron chi connectivity index (χ4n) is 2.51. The van der Waals surface area contributed by atoms with Crippen LogP contribution in [0.15, 0.2) is 28.8 Å². The summed E-state index contributed by atoms with van der Waals surface area (Å²) in [4.78, 5) is 27.7. The first-order valence-electron chi connectivity index (χ1n) is 7.54. The minimum absolute atomic E-state index is 0.127. The molecule has 2 N–H and O–H groups in total. The molecule has 1 aromatic heterocycles. The molecule has 11 heteroatoms. The molecule has 0 aliphatic carbocycles. The number of anilines is 1. The number of hydrogen-bond acceptors (Lipinski definition) is 5. The molecule has 2 aromatic rings. The van der Waals surface area contributed by atoms with Crippen LogP contribution in [0.1, 0.15) is 12.3 Å². The molecule has 0 radical (unpaired) electrons. The SMILES string of the molecule is O=C(O)C1CCN(C(=O)Nc2ccc(-c3noc(C(F)(F)F)n3)cc2)C1. The number of carbonyl (C=O) groups excluding carboxylic acids is 1. The van der Waals surface area contributed by atoms with Crippen molar-refractivity contribution in [2.24, 2.45) is 5.92 Å². The summed E-state index contributed by atoms with van der Waals surface area (Å²) in [5.41, 5.74) is 0.687. The second kappa shape index (κ2) is 6.65. The van der Waals surface area contributed by atoms with Gasteiger partial charge in [0.05, 0.1) is 5.92 Å². The first-order valence-corrected chi connectivity index (χ1v) is 7.54. The highest BCUT2D eigenvalue weighted by Gasteiger charge is 2.38. The molecule has 1 aliphatic rings. The molecule has 2 amide bonds. The van der Waals surface area contributed by atoms with Crippen LogP contribution in [0.5, 0.6) is 0 Å². The molecule has 1 fully saturated rings. The molecule has 0 bridgehead atoms. The summed E-state index contributed by atoms with van der Waals surface area (Å²) >= 11 is 0. The summed E-state index contributed by atoms with van der Waals surface area (Å²) in [5, 5.41) is 14.8. The van der Waals surface area contributed by atoms with Crippen molar-refractivity contribution in [1.29, 1.82) is 0 Å². The molecule has 0 saturated carbocycles. The Hall–Kier alpha value is -3.11. The number of rotatable bonds is 3. The smallest absolute Gasteiger partial charge is 0.471 e. The summed E-state index contributed by atoms with van der Waals surface area (Å²) in [6, 6.07) is 5.37. The van der Waals surface area contributed by atoms with E-state index in [2.05, 4.69) is 20.0 Å². The first-order chi connectivity index (χ1) is 12.2. The molecular formula is C15H13F3N4O4. The fraction of sp³-hybridized carbons (Fsp3) is 0.333. The van der Waals surface area contributed by atoms with Gasteiger partial charge in [0, 0.05) is 24.3 Å². The monoisotopic (exact) mass is 370 g/mol. The van der Waals surface area contributed by atoms with Gasteiger partial charge in [-0.25, -0.2) is 4.79 Å². The number of likely N-dealkylation sites (tertiary alicyclic amines) is 1. The maximum absolute atomic E-state index is 12.5. The number of aliphatic carboxylic acids is 1. The van der Waals surface area contributed by atoms with Crippen LogP contribution in [-0.2, 0) is 11.0 Å². The quantitative estimate of drug-likeness (QED) is 0.860. The zero-order chi connectivity index (χ0) is 18.9. The molecule has 8 nitrogen and oxygen atoms in total. The zero-order valence-corrected chi connectivity index (χ0v) is 13.2. The summed E-state index contributed by atoms with van der Waals surface area (Å²) in [7, 11) is 0. The van der Waals surface area contributed by atoms with E-state index in [9.17, 15) is 22.8 Å². The van der Waals surface area contributed by atoms with Gasteiger partial charge in [-0.2, -0.15) is 18.2 Å². The van der Waals surface area contributed by atoms with E-state index in [-0.39, 0.29) is 17.9 Å². The Morgan fingerprint density at radius 2 is 1.96 bits per heavy atom. The van der Waals surface area contributed by atoms with Crippen molar-refractivity contribution in [3.8, 4) is 11.4 Å². The number of nitrogens with one attached hydrogen (secondary N) is 1. The largest absolute Gasteiger partial charge is 0.481 e. The number of nitrogens with zero attached hydrogens (tertiary/aromatic N) is 3. The summed E-state index contributed by atoms with van der Waals surface area (Å²) < 4.78 is 41.6. The normalized spacial score (nSPS) is 17.3. The van der Waals surface area contributed by atoms with Crippen LogP contribution in [0.3, 0.4) is 0 Å². The van der Waals surface area contributed by atoms with Crippen molar-refractivity contribution >= 4 is 17.7 Å². The Kier molecular flexibility index (Phi) is 4.53. The Bertz CT molecular complexity index is 819. The Labute approximate surface area is 144 Å². The van der Waals surface area contributed by atoms with Gasteiger partial charge >= 0.3 is 24.1 Å². The van der Waals surface area contributed by atoms with E-state index in [1.807, 2.05) is 0 Å². The molecule has 1 saturated heterocycles. The molecule has 1 unspecified atom stereocenters. The molecule has 1 aliphatic heterocycles. The highest BCUT2D eigenvalue weighted by atomic mass is 19.4. The Morgan fingerprint density at radius 3 is 2.50 bits per heavy atom. The van der Waals surface area contributed by atoms with E-state index in [1.54, 1.807) is 0 Å². The molecule has 1 atom stereocenters. The van der Waals surface area contributed by atoms with Crippen molar-refractivity contribution in [1.82, 2.24) is 15.0 Å². The number of urea groups is 1. The van der Waals surface area contributed by atoms with Crippen LogP contribution in [0, 0.1) is 5.92 Å². The molecular weight excluding hydrogens is 357 g/mol. The second-order valence-electron chi connectivity index (χ2n) is 5.70. The van der Waals surface area contributed by atoms with Crippen LogP contribution in [0.25, 0.3) is 11.4 Å². The van der Waals surface area contributed by atoms with E-state index < -0.39 is 30.0 Å². The third-order valence-corrected chi connectivity index (χ3v) is 3.89. The van der Waals surface area contributed by atoms with Gasteiger partial charge in [-0.3, -0.25) is 4.79 Å². The fourth-order valence-corrected chi connectivity index (χ4v) is 2.51. The molecule has 3 rings (SSSR count). The van der Waals surface area contributed by atoms with E-state index in [0.717, 1.165) is 0 Å². The van der Waals surface area contributed by atoms with Gasteiger partial charge in [0.25, 0.3) is 0 Å². The van der Waals surface area contributed by atoms with Crippen molar-refractivity contribution in [3.05, 3.63) is 30.2 Å². The number of amides is 2. The topological polar surface area (TPSA) is 109 Å². The third kappa shape index (κ3) is 3.76. The zero-order valence-electron chi connectivity index (χ0n) is 13.2. The number of carboxylic acid groups (broad SMARTS) is 1. The predicted molar refractivity (Wildman–Crippen MR) is 81.1 cm³/mol. The predicted octanol–water partition coefficient (Wildman–Crippen LogP) is 2.69. The number of benzene rings is 1. The van der Waals surface area contributed by atoms with Crippen molar-refractivity contribution in [3.63, 3.8) is 0 Å². The molecule has 2 heterocycles. The number of alkyl halides is 3. The molecule has 138 valence electrons. The van der Waals surface area contributed by atoms with Crippen molar-refractivity contribution < 1.29 is 32.4 Å². The van der Waals surface area contributed by atoms with Crippen LogP contribution in [0.2, 0.25) is 0 Å². The standard InChI is InChI=1S/C15H13F3N4O4/c16-15(17,18)13-20-11(21-26-13)8-1-3-10(4-2-8)19-14(25)22-6-5-9(7-22)12(23)24/h1-4,9H,5-7H2,(H,19,25)(H,23,24). The van der Waals surface area contributed by atoms with Gasteiger partial charge in [0.1, 0.15) is 0 Å². The third-order valence-electron chi connectivity index (χ3n) is 3.89. The lowest BCUT2D eigenvalue weighted by atomic mass is 10.1. The molecule has 26 heavy (non-hydrogen) atoms. The van der Waals surface area contributed by atoms with E-state index in [1.165, 1.54) is 29.2 Å². The number of carbonyl (C=O) groups is 2. The lowest BCUT2D eigenvalue weighted by Gasteiger charge is -2.16. The van der Waals surface area contributed by atoms with Gasteiger partial charge < -0.3 is 19.8 Å². The van der Waals surface area contributed by atoms with Crippen LogP contribution in [-0.4, -0.2) is 45.2 Å². The average Bonchev–Trinajstić information content (AvgIpc) is 3.25. The minimum atomic E-state index is -4.72. The molecule has 1 aromatic carbocycles. The van der Waals surface area contributed by atoms with E-state index in [4.69, 9.17) is 5.11 Å². The van der Waals surface area contributed by atoms with Gasteiger partial charge in [-0.05, 0) is 30.7 Å². The second-order valence-corrected chi connectivity index (χ2v) is 5.70. The summed E-state index contributed by atoms with van der Waals surface area (Å²) in [5.74, 6) is -3.18. The minimum Gasteiger partial charge on any atom is -0.481 e. The summed E-state index contributed by atoms with van der Waals surface area (Å²) in [6.45, 7) is 0.465. The van der Waals surface area contributed by atoms with Crippen LogP contribution < -0.4 is 5.32 Å². The van der Waals surface area contributed by atoms with Gasteiger partial charge in [0.2, 0.25) is 5.82 Å². The lowest BCUT2D eigenvalue weighted by molar-refractivity contribution is -0.159. The van der Waals surface area contributed by atoms with Gasteiger partial charge in [-0.15, -0.1) is 0 Å². The number of halogens is 3. The highest BCUT2D eigenvalue weighted by Crippen LogP contribution is 2.29. The van der Waals surface area contributed by atoms with Crippen molar-refractivity contribution in [2.45, 2.75) is 12.6 Å². The Balaban J connectivity index is 1.64. The Morgan fingerprint density at radius 1 is 1.27 bits per heavy atom.